The van der Waals surface area contributed by atoms with Crippen LogP contribution in [0, 0.1) is 13.8 Å². The molecule has 130 valence electrons. The number of nitrogens with one attached hydrogen (secondary N) is 1. The summed E-state index contributed by atoms with van der Waals surface area (Å²) in [4.78, 5) is 24.6. The molecule has 0 atom stereocenters. The fourth-order valence-electron chi connectivity index (χ4n) is 2.67. The molecular weight excluding hydrogens is 338 g/mol. The lowest BCUT2D eigenvalue weighted by Crippen LogP contribution is -2.06. The van der Waals surface area contributed by atoms with Crippen LogP contribution in [0.15, 0.2) is 24.5 Å². The average molecular weight is 357 g/mol. The summed E-state index contributed by atoms with van der Waals surface area (Å²) in [5.41, 5.74) is 2.53. The van der Waals surface area contributed by atoms with Crippen LogP contribution in [0.4, 0.5) is 10.9 Å². The highest BCUT2D eigenvalue weighted by molar-refractivity contribution is 7.18. The Kier molecular flexibility index (Phi) is 4.54. The number of aromatic carboxylic acids is 1. The molecule has 0 saturated heterocycles. The van der Waals surface area contributed by atoms with Gasteiger partial charge in [0.15, 0.2) is 0 Å². The number of rotatable bonds is 5. The highest BCUT2D eigenvalue weighted by atomic mass is 32.1. The summed E-state index contributed by atoms with van der Waals surface area (Å²) in [7, 11) is 0. The van der Waals surface area contributed by atoms with E-state index in [4.69, 9.17) is 5.11 Å². The van der Waals surface area contributed by atoms with Gasteiger partial charge in [-0.15, -0.1) is 11.3 Å². The van der Waals surface area contributed by atoms with Crippen molar-refractivity contribution in [2.24, 2.45) is 0 Å². The molecule has 3 aromatic heterocycles. The third-order valence-electron chi connectivity index (χ3n) is 3.77. The lowest BCUT2D eigenvalue weighted by Gasteiger charge is -2.14. The van der Waals surface area contributed by atoms with Gasteiger partial charge in [-0.05, 0) is 45.4 Å². The van der Waals surface area contributed by atoms with E-state index in [1.54, 1.807) is 18.5 Å². The standard InChI is InChI=1S/C17H19N5O2S/c1-9(2)22-11(4)19-8-13(22)12-5-6-18-17(20-12)21-15-10(3)7-14(25-15)16(23)24/h5-9H,1-4H3,(H,23,24)(H,18,20,21). The number of thiophene rings is 1. The second-order valence-corrected chi connectivity index (χ2v) is 7.03. The molecule has 0 aromatic carbocycles. The Hall–Kier alpha value is -2.74. The molecule has 0 spiro atoms. The van der Waals surface area contributed by atoms with Crippen LogP contribution in [0.1, 0.15) is 40.9 Å². The second kappa shape index (κ2) is 6.64. The maximum atomic E-state index is 11.1. The minimum absolute atomic E-state index is 0.265. The van der Waals surface area contributed by atoms with Gasteiger partial charge in [-0.2, -0.15) is 0 Å². The minimum Gasteiger partial charge on any atom is -0.477 e. The highest BCUT2D eigenvalue weighted by Crippen LogP contribution is 2.30. The zero-order chi connectivity index (χ0) is 18.1. The van der Waals surface area contributed by atoms with Gasteiger partial charge in [-0.1, -0.05) is 0 Å². The molecular formula is C17H19N5O2S. The van der Waals surface area contributed by atoms with Crippen LogP contribution in [0.2, 0.25) is 0 Å². The van der Waals surface area contributed by atoms with Crippen molar-refractivity contribution in [3.63, 3.8) is 0 Å². The van der Waals surface area contributed by atoms with Crippen molar-refractivity contribution < 1.29 is 9.90 Å². The quantitative estimate of drug-likeness (QED) is 0.716. The molecule has 7 nitrogen and oxygen atoms in total. The Morgan fingerprint density at radius 2 is 2.08 bits per heavy atom. The number of imidazole rings is 1. The van der Waals surface area contributed by atoms with E-state index in [9.17, 15) is 4.79 Å². The normalized spacial score (nSPS) is 11.1. The van der Waals surface area contributed by atoms with Gasteiger partial charge in [0, 0.05) is 12.2 Å². The smallest absolute Gasteiger partial charge is 0.345 e. The summed E-state index contributed by atoms with van der Waals surface area (Å²) >= 11 is 1.17. The molecule has 0 aliphatic carbocycles. The van der Waals surface area contributed by atoms with Gasteiger partial charge in [0.25, 0.3) is 0 Å². The number of hydrogen-bond donors (Lipinski definition) is 2. The number of carbonyl (C=O) groups is 1. The van der Waals surface area contributed by atoms with Crippen LogP contribution < -0.4 is 5.32 Å². The van der Waals surface area contributed by atoms with Gasteiger partial charge in [-0.25, -0.2) is 19.7 Å². The molecule has 0 bridgehead atoms. The van der Waals surface area contributed by atoms with Gasteiger partial charge in [0.05, 0.1) is 22.6 Å². The summed E-state index contributed by atoms with van der Waals surface area (Å²) in [6.07, 6.45) is 3.49. The molecule has 2 N–H and O–H groups in total. The lowest BCUT2D eigenvalue weighted by atomic mass is 10.2. The van der Waals surface area contributed by atoms with Crippen LogP contribution in [0.25, 0.3) is 11.4 Å². The molecule has 0 aliphatic heterocycles. The van der Waals surface area contributed by atoms with Crippen molar-refractivity contribution in [3.05, 3.63) is 40.8 Å². The number of carboxylic acids is 1. The number of aromatic nitrogens is 4. The first-order valence-corrected chi connectivity index (χ1v) is 8.66. The van der Waals surface area contributed by atoms with E-state index in [2.05, 4.69) is 38.7 Å². The zero-order valence-electron chi connectivity index (χ0n) is 14.4. The molecule has 0 saturated carbocycles. The van der Waals surface area contributed by atoms with Gasteiger partial charge in [-0.3, -0.25) is 0 Å². The molecule has 0 aliphatic rings. The summed E-state index contributed by atoms with van der Waals surface area (Å²) in [6.45, 7) is 8.01. The van der Waals surface area contributed by atoms with Crippen LogP contribution in [-0.4, -0.2) is 30.6 Å². The highest BCUT2D eigenvalue weighted by Gasteiger charge is 2.15. The third kappa shape index (κ3) is 3.39. The summed E-state index contributed by atoms with van der Waals surface area (Å²) in [5.74, 6) is 0.416. The predicted molar refractivity (Wildman–Crippen MR) is 97.7 cm³/mol. The molecule has 3 rings (SSSR count). The van der Waals surface area contributed by atoms with Crippen molar-refractivity contribution in [3.8, 4) is 11.4 Å². The number of hydrogen-bond acceptors (Lipinski definition) is 6. The number of aryl methyl sites for hydroxylation is 2. The van der Waals surface area contributed by atoms with Crippen LogP contribution in [0.5, 0.6) is 0 Å². The molecule has 25 heavy (non-hydrogen) atoms. The molecule has 3 aromatic rings. The predicted octanol–water partition coefficient (Wildman–Crippen LogP) is 4.04. The van der Waals surface area contributed by atoms with Crippen molar-refractivity contribution in [1.29, 1.82) is 0 Å². The molecule has 0 radical (unpaired) electrons. The van der Waals surface area contributed by atoms with Crippen LogP contribution in [0.3, 0.4) is 0 Å². The van der Waals surface area contributed by atoms with Gasteiger partial charge >= 0.3 is 5.97 Å². The first-order chi connectivity index (χ1) is 11.9. The number of carboxylic acid groups (broad SMARTS) is 1. The fourth-order valence-corrected chi connectivity index (χ4v) is 3.57. The van der Waals surface area contributed by atoms with E-state index >= 15 is 0 Å². The topological polar surface area (TPSA) is 92.9 Å². The Morgan fingerprint density at radius 3 is 2.72 bits per heavy atom. The number of anilines is 2. The van der Waals surface area contributed by atoms with Gasteiger partial charge in [0.2, 0.25) is 5.95 Å². The van der Waals surface area contributed by atoms with Crippen molar-refractivity contribution in [1.82, 2.24) is 19.5 Å². The van der Waals surface area contributed by atoms with Crippen molar-refractivity contribution in [2.75, 3.05) is 5.32 Å². The molecule has 8 heteroatoms. The maximum Gasteiger partial charge on any atom is 0.345 e. The average Bonchev–Trinajstić information content (AvgIpc) is 3.11. The maximum absolute atomic E-state index is 11.1. The van der Waals surface area contributed by atoms with E-state index in [-0.39, 0.29) is 10.9 Å². The summed E-state index contributed by atoms with van der Waals surface area (Å²) < 4.78 is 2.12. The van der Waals surface area contributed by atoms with E-state index in [1.165, 1.54) is 11.3 Å². The Labute approximate surface area is 149 Å². The molecule has 0 amide bonds. The fraction of sp³-hybridized carbons (Fsp3) is 0.294. The Morgan fingerprint density at radius 1 is 1.32 bits per heavy atom. The Bertz CT molecular complexity index is 929. The van der Waals surface area contributed by atoms with Crippen molar-refractivity contribution >= 4 is 28.3 Å². The zero-order valence-corrected chi connectivity index (χ0v) is 15.3. The number of nitrogens with zero attached hydrogens (tertiary/aromatic N) is 4. The summed E-state index contributed by atoms with van der Waals surface area (Å²) in [6, 6.07) is 3.74. The van der Waals surface area contributed by atoms with Crippen LogP contribution >= 0.6 is 11.3 Å². The first kappa shape index (κ1) is 17.1. The van der Waals surface area contributed by atoms with Crippen molar-refractivity contribution in [2.45, 2.75) is 33.7 Å². The van der Waals surface area contributed by atoms with Crippen LogP contribution in [-0.2, 0) is 0 Å². The lowest BCUT2D eigenvalue weighted by molar-refractivity contribution is 0.0702. The van der Waals surface area contributed by atoms with E-state index in [0.717, 1.165) is 27.8 Å². The minimum atomic E-state index is -0.938. The molecule has 0 unspecified atom stereocenters. The Balaban J connectivity index is 1.94. The van der Waals surface area contributed by atoms with Gasteiger partial charge in [0.1, 0.15) is 10.7 Å². The van der Waals surface area contributed by atoms with E-state index in [1.807, 2.05) is 19.9 Å². The van der Waals surface area contributed by atoms with E-state index in [0.29, 0.717) is 5.95 Å². The third-order valence-corrected chi connectivity index (χ3v) is 4.91. The molecule has 3 heterocycles. The monoisotopic (exact) mass is 357 g/mol. The summed E-state index contributed by atoms with van der Waals surface area (Å²) in [5, 5.41) is 12.9. The largest absolute Gasteiger partial charge is 0.477 e. The van der Waals surface area contributed by atoms with Gasteiger partial charge < -0.3 is 15.0 Å². The SMILES string of the molecule is Cc1cc(C(=O)O)sc1Nc1nccc(-c2cnc(C)n2C(C)C)n1. The molecule has 0 fully saturated rings. The van der Waals surface area contributed by atoms with E-state index < -0.39 is 5.97 Å². The second-order valence-electron chi connectivity index (χ2n) is 5.97. The first-order valence-electron chi connectivity index (χ1n) is 7.84.